The number of benzene rings is 1. The lowest BCUT2D eigenvalue weighted by Gasteiger charge is -2.19. The first-order valence-electron chi connectivity index (χ1n) is 9.34. The first-order chi connectivity index (χ1) is 13.1. The average molecular weight is 366 g/mol. The lowest BCUT2D eigenvalue weighted by Crippen LogP contribution is -2.38. The Morgan fingerprint density at radius 1 is 1.07 bits per heavy atom. The van der Waals surface area contributed by atoms with E-state index in [0.29, 0.717) is 12.2 Å². The van der Waals surface area contributed by atoms with Crippen molar-refractivity contribution in [2.75, 3.05) is 11.9 Å². The highest BCUT2D eigenvalue weighted by atomic mass is 16.2. The molecule has 1 saturated carbocycles. The van der Waals surface area contributed by atoms with Gasteiger partial charge in [0, 0.05) is 18.1 Å². The van der Waals surface area contributed by atoms with Crippen molar-refractivity contribution in [2.24, 2.45) is 11.8 Å². The fourth-order valence-electron chi connectivity index (χ4n) is 4.07. The molecule has 2 aromatic rings. The molecule has 1 aliphatic heterocycles. The van der Waals surface area contributed by atoms with Crippen molar-refractivity contribution in [1.29, 1.82) is 0 Å². The molecule has 2 aliphatic rings. The minimum Gasteiger partial charge on any atom is -0.324 e. The molecule has 0 spiro atoms. The number of imide groups is 1. The van der Waals surface area contributed by atoms with E-state index in [2.05, 4.69) is 10.4 Å². The van der Waals surface area contributed by atoms with Gasteiger partial charge in [-0.3, -0.25) is 24.0 Å². The predicted octanol–water partition coefficient (Wildman–Crippen LogP) is 2.05. The Bertz CT molecular complexity index is 838. The minimum absolute atomic E-state index is 0.190. The molecule has 1 aliphatic carbocycles. The lowest BCUT2D eigenvalue weighted by molar-refractivity contribution is -0.142. The number of carbonyl (C=O) groups excluding carboxylic acids is 3. The number of rotatable bonds is 5. The van der Waals surface area contributed by atoms with E-state index in [1.165, 1.54) is 0 Å². The molecule has 1 N–H and O–H groups in total. The molecule has 2 heterocycles. The van der Waals surface area contributed by atoms with Crippen molar-refractivity contribution in [3.05, 3.63) is 48.3 Å². The molecule has 2 fully saturated rings. The first kappa shape index (κ1) is 17.5. The summed E-state index contributed by atoms with van der Waals surface area (Å²) in [6.07, 6.45) is 7.00. The maximum Gasteiger partial charge on any atom is 0.244 e. The molecular weight excluding hydrogens is 344 g/mol. The normalized spacial score (nSPS) is 22.0. The van der Waals surface area contributed by atoms with Crippen molar-refractivity contribution in [2.45, 2.75) is 32.2 Å². The largest absolute Gasteiger partial charge is 0.324 e. The van der Waals surface area contributed by atoms with Crippen LogP contribution in [0.2, 0.25) is 0 Å². The van der Waals surface area contributed by atoms with Crippen molar-refractivity contribution < 1.29 is 14.4 Å². The van der Waals surface area contributed by atoms with Gasteiger partial charge in [0.2, 0.25) is 17.7 Å². The minimum atomic E-state index is -0.358. The standard InChI is InChI=1S/C20H22N4O3/c25-18(13-24-19(26)15-7-2-3-8-16(15)20(24)27)22-17-9-4-1-6-14(17)12-23-11-5-10-21-23/h1,4-6,9-11,15-16H,2-3,7-8,12-13H2,(H,22,25)/t15-,16-/m1/s1. The molecule has 1 aromatic heterocycles. The van der Waals surface area contributed by atoms with E-state index in [1.54, 1.807) is 10.9 Å². The van der Waals surface area contributed by atoms with Gasteiger partial charge in [0.1, 0.15) is 6.54 Å². The summed E-state index contributed by atoms with van der Waals surface area (Å²) in [6.45, 7) is 0.302. The SMILES string of the molecule is O=C(CN1C(=O)[C@@H]2CCCC[C@H]2C1=O)Nc1ccccc1Cn1cccn1. The highest BCUT2D eigenvalue weighted by Crippen LogP contribution is 2.37. The zero-order valence-corrected chi connectivity index (χ0v) is 15.0. The molecule has 1 aromatic carbocycles. The monoisotopic (exact) mass is 366 g/mol. The molecule has 7 heteroatoms. The van der Waals surface area contributed by atoms with Gasteiger partial charge in [0.15, 0.2) is 0 Å². The van der Waals surface area contributed by atoms with E-state index >= 15 is 0 Å². The number of aromatic nitrogens is 2. The van der Waals surface area contributed by atoms with Gasteiger partial charge in [0.25, 0.3) is 0 Å². The number of hydrogen-bond acceptors (Lipinski definition) is 4. The summed E-state index contributed by atoms with van der Waals surface area (Å²) in [5.74, 6) is -1.20. The van der Waals surface area contributed by atoms with Gasteiger partial charge in [-0.2, -0.15) is 5.10 Å². The Balaban J connectivity index is 1.44. The molecule has 4 rings (SSSR count). The highest BCUT2D eigenvalue weighted by molar-refractivity contribution is 6.08. The zero-order valence-electron chi connectivity index (χ0n) is 15.0. The molecule has 0 radical (unpaired) electrons. The van der Waals surface area contributed by atoms with Crippen LogP contribution in [0.25, 0.3) is 0 Å². The van der Waals surface area contributed by atoms with Crippen LogP contribution in [0.15, 0.2) is 42.7 Å². The third kappa shape index (κ3) is 3.49. The Labute approximate surface area is 157 Å². The highest BCUT2D eigenvalue weighted by Gasteiger charge is 2.48. The zero-order chi connectivity index (χ0) is 18.8. The van der Waals surface area contributed by atoms with Crippen LogP contribution in [-0.2, 0) is 20.9 Å². The Kier molecular flexibility index (Phi) is 4.75. The number of para-hydroxylation sites is 1. The average Bonchev–Trinajstić information content (AvgIpc) is 3.27. The summed E-state index contributed by atoms with van der Waals surface area (Å²) < 4.78 is 1.77. The van der Waals surface area contributed by atoms with Crippen LogP contribution in [0.3, 0.4) is 0 Å². The molecule has 140 valence electrons. The van der Waals surface area contributed by atoms with Gasteiger partial charge in [-0.15, -0.1) is 0 Å². The van der Waals surface area contributed by atoms with Gasteiger partial charge < -0.3 is 5.32 Å². The Hall–Kier alpha value is -2.96. The fraction of sp³-hybridized carbons (Fsp3) is 0.400. The third-order valence-corrected chi connectivity index (χ3v) is 5.42. The summed E-state index contributed by atoms with van der Waals surface area (Å²) in [4.78, 5) is 38.7. The smallest absolute Gasteiger partial charge is 0.244 e. The van der Waals surface area contributed by atoms with Crippen molar-refractivity contribution >= 4 is 23.4 Å². The van der Waals surface area contributed by atoms with Gasteiger partial charge in [-0.05, 0) is 30.5 Å². The predicted molar refractivity (Wildman–Crippen MR) is 98.6 cm³/mol. The van der Waals surface area contributed by atoms with Crippen LogP contribution in [0.5, 0.6) is 0 Å². The topological polar surface area (TPSA) is 84.3 Å². The number of anilines is 1. The van der Waals surface area contributed by atoms with Crippen LogP contribution < -0.4 is 5.32 Å². The molecule has 7 nitrogen and oxygen atoms in total. The number of fused-ring (bicyclic) bond motifs is 1. The van der Waals surface area contributed by atoms with E-state index < -0.39 is 0 Å². The maximum atomic E-state index is 12.5. The fourth-order valence-corrected chi connectivity index (χ4v) is 4.07. The van der Waals surface area contributed by atoms with Crippen molar-refractivity contribution in [3.63, 3.8) is 0 Å². The summed E-state index contributed by atoms with van der Waals surface area (Å²) in [5.41, 5.74) is 1.57. The van der Waals surface area contributed by atoms with Crippen molar-refractivity contribution in [3.8, 4) is 0 Å². The lowest BCUT2D eigenvalue weighted by atomic mass is 9.81. The second kappa shape index (κ2) is 7.34. The van der Waals surface area contributed by atoms with E-state index in [1.807, 2.05) is 36.5 Å². The van der Waals surface area contributed by atoms with E-state index in [4.69, 9.17) is 0 Å². The molecule has 0 unspecified atom stereocenters. The van der Waals surface area contributed by atoms with Crippen LogP contribution >= 0.6 is 0 Å². The Morgan fingerprint density at radius 3 is 2.44 bits per heavy atom. The summed E-state index contributed by atoms with van der Waals surface area (Å²) in [6, 6.07) is 9.29. The number of nitrogens with one attached hydrogen (secondary N) is 1. The number of hydrogen-bond donors (Lipinski definition) is 1. The Morgan fingerprint density at radius 2 is 1.78 bits per heavy atom. The second-order valence-corrected chi connectivity index (χ2v) is 7.17. The number of nitrogens with zero attached hydrogens (tertiary/aromatic N) is 3. The van der Waals surface area contributed by atoms with Crippen LogP contribution in [-0.4, -0.2) is 38.9 Å². The van der Waals surface area contributed by atoms with Gasteiger partial charge in [-0.25, -0.2) is 0 Å². The van der Waals surface area contributed by atoms with Crippen LogP contribution in [0.4, 0.5) is 5.69 Å². The number of amides is 3. The van der Waals surface area contributed by atoms with Gasteiger partial charge >= 0.3 is 0 Å². The summed E-state index contributed by atoms with van der Waals surface area (Å²) in [7, 11) is 0. The summed E-state index contributed by atoms with van der Waals surface area (Å²) in [5, 5.41) is 7.03. The molecule has 2 atom stereocenters. The van der Waals surface area contributed by atoms with Crippen LogP contribution in [0, 0.1) is 11.8 Å². The van der Waals surface area contributed by atoms with E-state index in [0.717, 1.165) is 36.1 Å². The number of carbonyl (C=O) groups is 3. The number of likely N-dealkylation sites (tertiary alicyclic amines) is 1. The molecule has 3 amide bonds. The van der Waals surface area contributed by atoms with E-state index in [-0.39, 0.29) is 36.1 Å². The molecular formula is C20H22N4O3. The molecule has 1 saturated heterocycles. The first-order valence-corrected chi connectivity index (χ1v) is 9.34. The molecule has 0 bridgehead atoms. The van der Waals surface area contributed by atoms with E-state index in [9.17, 15) is 14.4 Å². The molecule has 27 heavy (non-hydrogen) atoms. The quantitative estimate of drug-likeness (QED) is 0.821. The third-order valence-electron chi connectivity index (χ3n) is 5.42. The van der Waals surface area contributed by atoms with Gasteiger partial charge in [-0.1, -0.05) is 31.0 Å². The second-order valence-electron chi connectivity index (χ2n) is 7.17. The summed E-state index contributed by atoms with van der Waals surface area (Å²) >= 11 is 0. The maximum absolute atomic E-state index is 12.5. The van der Waals surface area contributed by atoms with Gasteiger partial charge in [0.05, 0.1) is 18.4 Å². The van der Waals surface area contributed by atoms with Crippen LogP contribution in [0.1, 0.15) is 31.2 Å². The van der Waals surface area contributed by atoms with Crippen molar-refractivity contribution in [1.82, 2.24) is 14.7 Å².